The van der Waals surface area contributed by atoms with Gasteiger partial charge in [-0.2, -0.15) is 5.10 Å². The summed E-state index contributed by atoms with van der Waals surface area (Å²) in [6.45, 7) is 6.23. The van der Waals surface area contributed by atoms with Gasteiger partial charge in [-0.05, 0) is 53.0 Å². The van der Waals surface area contributed by atoms with Crippen LogP contribution in [-0.4, -0.2) is 47.9 Å². The summed E-state index contributed by atoms with van der Waals surface area (Å²) < 4.78 is 6.87. The highest BCUT2D eigenvalue weighted by Gasteiger charge is 2.43. The van der Waals surface area contributed by atoms with Gasteiger partial charge in [-0.15, -0.1) is 0 Å². The molecule has 0 aromatic heterocycles. The Kier molecular flexibility index (Phi) is 5.73. The predicted octanol–water partition coefficient (Wildman–Crippen LogP) is 4.76. The van der Waals surface area contributed by atoms with E-state index in [9.17, 15) is 4.79 Å². The SMILES string of the molecule is CC1C(=O)NN=C2COc3cc(Br)c(NC4(C)CN(C(c5ccccc5)c5ccccc5)C4)cc3N21. The Bertz CT molecular complexity index is 1290. The van der Waals surface area contributed by atoms with E-state index in [1.807, 2.05) is 17.9 Å². The van der Waals surface area contributed by atoms with E-state index >= 15 is 0 Å². The zero-order chi connectivity index (χ0) is 24.9. The van der Waals surface area contributed by atoms with Crippen molar-refractivity contribution in [1.29, 1.82) is 0 Å². The third-order valence-corrected chi connectivity index (χ3v) is 7.80. The maximum atomic E-state index is 12.3. The van der Waals surface area contributed by atoms with Gasteiger partial charge in [0.2, 0.25) is 0 Å². The van der Waals surface area contributed by atoms with Crippen LogP contribution >= 0.6 is 15.9 Å². The van der Waals surface area contributed by atoms with Crippen LogP contribution in [0, 0.1) is 0 Å². The Hall–Kier alpha value is -3.36. The summed E-state index contributed by atoms with van der Waals surface area (Å²) in [6, 6.07) is 25.2. The number of nitrogens with one attached hydrogen (secondary N) is 2. The molecule has 3 aromatic carbocycles. The van der Waals surface area contributed by atoms with E-state index in [4.69, 9.17) is 4.74 Å². The predicted molar refractivity (Wildman–Crippen MR) is 145 cm³/mol. The number of fused-ring (bicyclic) bond motifs is 3. The van der Waals surface area contributed by atoms with Crippen LogP contribution in [0.5, 0.6) is 5.75 Å². The van der Waals surface area contributed by atoms with Crippen molar-refractivity contribution < 1.29 is 9.53 Å². The van der Waals surface area contributed by atoms with Crippen LogP contribution in [0.1, 0.15) is 31.0 Å². The minimum Gasteiger partial charge on any atom is -0.483 e. The van der Waals surface area contributed by atoms with Crippen LogP contribution in [0.2, 0.25) is 0 Å². The number of carbonyl (C=O) groups is 1. The molecule has 0 aliphatic carbocycles. The van der Waals surface area contributed by atoms with Gasteiger partial charge in [-0.3, -0.25) is 9.69 Å². The van der Waals surface area contributed by atoms with E-state index in [1.54, 1.807) is 0 Å². The van der Waals surface area contributed by atoms with Gasteiger partial charge in [-0.1, -0.05) is 60.7 Å². The largest absolute Gasteiger partial charge is 0.483 e. The number of likely N-dealkylation sites (tertiary alicyclic amines) is 1. The fourth-order valence-electron chi connectivity index (χ4n) is 5.46. The number of carbonyl (C=O) groups excluding carboxylic acids is 1. The van der Waals surface area contributed by atoms with Crippen molar-refractivity contribution in [2.24, 2.45) is 5.10 Å². The molecular formula is C28H28BrN5O2. The highest BCUT2D eigenvalue weighted by molar-refractivity contribution is 9.10. The van der Waals surface area contributed by atoms with Crippen molar-refractivity contribution in [3.8, 4) is 5.75 Å². The second-order valence-electron chi connectivity index (χ2n) is 9.95. The first-order chi connectivity index (χ1) is 17.4. The van der Waals surface area contributed by atoms with E-state index in [1.165, 1.54) is 11.1 Å². The van der Waals surface area contributed by atoms with Crippen molar-refractivity contribution >= 4 is 39.0 Å². The number of halogens is 1. The van der Waals surface area contributed by atoms with Crippen molar-refractivity contribution in [2.45, 2.75) is 31.5 Å². The number of amides is 1. The molecule has 36 heavy (non-hydrogen) atoms. The summed E-state index contributed by atoms with van der Waals surface area (Å²) in [5, 5.41) is 7.97. The Morgan fingerprint density at radius 1 is 1.08 bits per heavy atom. The highest BCUT2D eigenvalue weighted by atomic mass is 79.9. The van der Waals surface area contributed by atoms with Gasteiger partial charge in [0.05, 0.1) is 23.0 Å². The highest BCUT2D eigenvalue weighted by Crippen LogP contribution is 2.43. The average molecular weight is 546 g/mol. The number of ether oxygens (including phenoxy) is 1. The summed E-state index contributed by atoms with van der Waals surface area (Å²) in [6.07, 6.45) is 0. The fraction of sp³-hybridized carbons (Fsp3) is 0.286. The van der Waals surface area contributed by atoms with Gasteiger partial charge in [0.1, 0.15) is 18.4 Å². The molecule has 3 aliphatic heterocycles. The van der Waals surface area contributed by atoms with Gasteiger partial charge in [0, 0.05) is 17.6 Å². The van der Waals surface area contributed by atoms with Crippen molar-refractivity contribution in [3.05, 3.63) is 88.4 Å². The molecule has 1 saturated heterocycles. The second-order valence-corrected chi connectivity index (χ2v) is 10.8. The number of amidine groups is 1. The molecule has 6 rings (SSSR count). The first-order valence-electron chi connectivity index (χ1n) is 12.2. The minimum absolute atomic E-state index is 0.115. The summed E-state index contributed by atoms with van der Waals surface area (Å²) in [4.78, 5) is 16.8. The average Bonchev–Trinajstić information content (AvgIpc) is 2.87. The van der Waals surface area contributed by atoms with Crippen LogP contribution in [0.4, 0.5) is 11.4 Å². The Labute approximate surface area is 219 Å². The first kappa shape index (κ1) is 23.1. The fourth-order valence-corrected chi connectivity index (χ4v) is 5.89. The third-order valence-electron chi connectivity index (χ3n) is 7.14. The molecule has 3 aliphatic rings. The quantitative estimate of drug-likeness (QED) is 0.484. The van der Waals surface area contributed by atoms with Gasteiger partial charge >= 0.3 is 0 Å². The molecular weight excluding hydrogens is 518 g/mol. The van der Waals surface area contributed by atoms with Gasteiger partial charge in [0.25, 0.3) is 5.91 Å². The monoisotopic (exact) mass is 545 g/mol. The maximum Gasteiger partial charge on any atom is 0.262 e. The van der Waals surface area contributed by atoms with E-state index in [2.05, 4.69) is 110 Å². The lowest BCUT2D eigenvalue weighted by atomic mass is 9.86. The minimum atomic E-state index is -0.360. The zero-order valence-corrected chi connectivity index (χ0v) is 21.8. The summed E-state index contributed by atoms with van der Waals surface area (Å²) in [5.74, 6) is 1.32. The number of hydrogen-bond acceptors (Lipinski definition) is 6. The van der Waals surface area contributed by atoms with Crippen LogP contribution in [0.3, 0.4) is 0 Å². The topological polar surface area (TPSA) is 69.2 Å². The third kappa shape index (κ3) is 4.04. The Balaban J connectivity index is 1.26. The molecule has 0 saturated carbocycles. The lowest BCUT2D eigenvalue weighted by molar-refractivity contribution is -0.122. The van der Waals surface area contributed by atoms with Gasteiger partial charge < -0.3 is 15.0 Å². The number of anilines is 2. The van der Waals surface area contributed by atoms with Gasteiger partial charge in [-0.25, -0.2) is 5.43 Å². The van der Waals surface area contributed by atoms with Crippen LogP contribution in [0.15, 0.2) is 82.4 Å². The number of benzene rings is 3. The molecule has 1 atom stereocenters. The molecule has 0 spiro atoms. The molecule has 0 radical (unpaired) electrons. The molecule has 184 valence electrons. The molecule has 1 fully saturated rings. The van der Waals surface area contributed by atoms with E-state index in [0.717, 1.165) is 34.7 Å². The van der Waals surface area contributed by atoms with Crippen LogP contribution < -0.4 is 20.4 Å². The Morgan fingerprint density at radius 3 is 2.36 bits per heavy atom. The first-order valence-corrected chi connectivity index (χ1v) is 13.0. The van der Waals surface area contributed by atoms with Crippen LogP contribution in [-0.2, 0) is 4.79 Å². The molecule has 1 amide bonds. The Morgan fingerprint density at radius 2 is 1.72 bits per heavy atom. The molecule has 3 aromatic rings. The van der Waals surface area contributed by atoms with Crippen LogP contribution in [0.25, 0.3) is 0 Å². The van der Waals surface area contributed by atoms with E-state index in [-0.39, 0.29) is 23.5 Å². The maximum absolute atomic E-state index is 12.3. The molecule has 2 N–H and O–H groups in total. The summed E-state index contributed by atoms with van der Waals surface area (Å²) >= 11 is 3.73. The lowest BCUT2D eigenvalue weighted by Gasteiger charge is -2.52. The summed E-state index contributed by atoms with van der Waals surface area (Å²) in [7, 11) is 0. The van der Waals surface area contributed by atoms with E-state index < -0.39 is 0 Å². The molecule has 1 unspecified atom stereocenters. The number of rotatable bonds is 5. The lowest BCUT2D eigenvalue weighted by Crippen LogP contribution is -2.64. The molecule has 0 bridgehead atoms. The number of hydrazone groups is 1. The molecule has 7 nitrogen and oxygen atoms in total. The smallest absolute Gasteiger partial charge is 0.262 e. The standard InChI is InChI=1S/C28H28BrN5O2/c1-18-27(35)32-31-25-15-36-24-13-21(29)22(14-23(24)34(18)25)30-28(2)16-33(17-28)26(19-9-5-3-6-10-19)20-11-7-4-8-12-20/h3-14,18,26,30H,15-17H2,1-2H3,(H,32,35). The normalized spacial score (nSPS) is 20.4. The van der Waals surface area contributed by atoms with E-state index in [0.29, 0.717) is 12.4 Å². The second kappa shape index (κ2) is 8.94. The van der Waals surface area contributed by atoms with Crippen molar-refractivity contribution in [3.63, 3.8) is 0 Å². The van der Waals surface area contributed by atoms with Gasteiger partial charge in [0.15, 0.2) is 5.84 Å². The van der Waals surface area contributed by atoms with Crippen molar-refractivity contribution in [2.75, 3.05) is 29.9 Å². The molecule has 8 heteroatoms. The number of hydrogen-bond donors (Lipinski definition) is 2. The number of nitrogens with zero attached hydrogens (tertiary/aromatic N) is 3. The summed E-state index contributed by atoms with van der Waals surface area (Å²) in [5.41, 5.74) is 6.87. The molecule has 3 heterocycles. The zero-order valence-electron chi connectivity index (χ0n) is 20.2. The van der Waals surface area contributed by atoms with Crippen molar-refractivity contribution in [1.82, 2.24) is 10.3 Å².